The van der Waals surface area contributed by atoms with E-state index in [2.05, 4.69) is 37.0 Å². The zero-order valence-corrected chi connectivity index (χ0v) is 22.7. The number of hydrogen-bond acceptors (Lipinski definition) is 4. The number of benzene rings is 2. The summed E-state index contributed by atoms with van der Waals surface area (Å²) in [6, 6.07) is 11.7. The van der Waals surface area contributed by atoms with Gasteiger partial charge in [-0.1, -0.05) is 46.3 Å². The Balaban J connectivity index is 0.00000289. The van der Waals surface area contributed by atoms with E-state index in [1.165, 1.54) is 4.90 Å². The number of fused-ring (bicyclic) bond motifs is 2. The first-order valence-electron chi connectivity index (χ1n) is 9.84. The highest BCUT2D eigenvalue weighted by molar-refractivity contribution is 8.03. The fourth-order valence-corrected chi connectivity index (χ4v) is 6.29. The summed E-state index contributed by atoms with van der Waals surface area (Å²) in [5, 5.41) is 12.7. The Morgan fingerprint density at radius 1 is 1.19 bits per heavy atom. The predicted octanol–water partition coefficient (Wildman–Crippen LogP) is 3.85. The summed E-state index contributed by atoms with van der Waals surface area (Å²) in [7, 11) is 0. The minimum Gasteiger partial charge on any atom is -1.00 e. The maximum atomic E-state index is 11.2. The van der Waals surface area contributed by atoms with Gasteiger partial charge in [0.25, 0.3) is 5.01 Å². The lowest BCUT2D eigenvalue weighted by Gasteiger charge is -2.18. The average Bonchev–Trinajstić information content (AvgIpc) is 3.22. The number of hydrogen-bond donors (Lipinski definition) is 1. The lowest BCUT2D eigenvalue weighted by molar-refractivity contribution is -0.667. The zero-order chi connectivity index (χ0) is 22.1. The van der Waals surface area contributed by atoms with Gasteiger partial charge in [-0.15, -0.1) is 0 Å². The Bertz CT molecular complexity index is 1240. The van der Waals surface area contributed by atoms with Gasteiger partial charge in [0.15, 0.2) is 6.54 Å². The van der Waals surface area contributed by atoms with Gasteiger partial charge in [-0.05, 0) is 55.8 Å². The molecule has 9 heteroatoms. The number of anilines is 1. The smallest absolute Gasteiger partial charge is 0.309 e. The maximum absolute atomic E-state index is 11.2. The summed E-state index contributed by atoms with van der Waals surface area (Å²) in [6.45, 7) is 5.43. The first-order chi connectivity index (χ1) is 14.9. The molecule has 0 fully saturated rings. The second-order valence-electron chi connectivity index (χ2n) is 7.18. The van der Waals surface area contributed by atoms with Crippen molar-refractivity contribution in [2.24, 2.45) is 0 Å². The van der Waals surface area contributed by atoms with Crippen LogP contribution in [0, 0.1) is 0 Å². The van der Waals surface area contributed by atoms with Gasteiger partial charge in [0.2, 0.25) is 5.52 Å². The molecule has 0 aliphatic carbocycles. The summed E-state index contributed by atoms with van der Waals surface area (Å²) in [5.41, 5.74) is 3.17. The number of thioether (sulfide) groups is 1. The number of carboxylic acid groups (broad SMARTS) is 1. The quantitative estimate of drug-likeness (QED) is 0.337. The van der Waals surface area contributed by atoms with Gasteiger partial charge in [-0.3, -0.25) is 4.79 Å². The zero-order valence-electron chi connectivity index (χ0n) is 17.4. The van der Waals surface area contributed by atoms with E-state index in [-0.39, 0.29) is 30.4 Å². The normalized spacial score (nSPS) is 14.7. The molecule has 0 spiro atoms. The van der Waals surface area contributed by atoms with Gasteiger partial charge in [0.1, 0.15) is 11.1 Å². The van der Waals surface area contributed by atoms with E-state index < -0.39 is 5.97 Å². The van der Waals surface area contributed by atoms with E-state index in [1.807, 2.05) is 34.9 Å². The molecule has 0 amide bonds. The van der Waals surface area contributed by atoms with Crippen molar-refractivity contribution in [3.8, 4) is 0 Å². The number of aliphatic carboxylic acids is 1. The molecule has 0 atom stereocenters. The third-order valence-corrected chi connectivity index (χ3v) is 7.65. The number of rotatable bonds is 6. The van der Waals surface area contributed by atoms with Gasteiger partial charge in [-0.25, -0.2) is 0 Å². The second-order valence-corrected chi connectivity index (χ2v) is 10.2. The van der Waals surface area contributed by atoms with Gasteiger partial charge in [0, 0.05) is 33.6 Å². The Kier molecular flexibility index (Phi) is 8.54. The number of allylic oxidation sites excluding steroid dienone is 2. The van der Waals surface area contributed by atoms with Gasteiger partial charge in [-0.2, -0.15) is 4.57 Å². The molecule has 0 radical (unpaired) electrons. The Morgan fingerprint density at radius 2 is 1.91 bits per heavy atom. The Labute approximate surface area is 222 Å². The molecular formula is C23H21Cl2IN2O2S2. The van der Waals surface area contributed by atoms with Crippen LogP contribution in [0.3, 0.4) is 0 Å². The monoisotopic (exact) mass is 618 g/mol. The Hall–Kier alpha value is -1.26. The summed E-state index contributed by atoms with van der Waals surface area (Å²) in [4.78, 5) is 14.6. The van der Waals surface area contributed by atoms with Gasteiger partial charge >= 0.3 is 5.97 Å². The minimum atomic E-state index is -0.819. The Morgan fingerprint density at radius 3 is 2.62 bits per heavy atom. The first kappa shape index (κ1) is 25.4. The van der Waals surface area contributed by atoms with Crippen molar-refractivity contribution in [1.82, 2.24) is 0 Å². The predicted molar refractivity (Wildman–Crippen MR) is 131 cm³/mol. The van der Waals surface area contributed by atoms with Crippen LogP contribution in [0.4, 0.5) is 5.69 Å². The molecule has 3 aromatic rings. The molecular weight excluding hydrogens is 598 g/mol. The fourth-order valence-electron chi connectivity index (χ4n) is 3.56. The minimum absolute atomic E-state index is 0. The lowest BCUT2D eigenvalue weighted by atomic mass is 10.2. The van der Waals surface area contributed by atoms with Crippen LogP contribution in [0.1, 0.15) is 25.3 Å². The van der Waals surface area contributed by atoms with Crippen LogP contribution < -0.4 is 33.4 Å². The molecule has 4 rings (SSSR count). The molecule has 4 nitrogen and oxygen atoms in total. The third-order valence-electron chi connectivity index (χ3n) is 4.95. The van der Waals surface area contributed by atoms with E-state index in [1.54, 1.807) is 23.1 Å². The van der Waals surface area contributed by atoms with E-state index in [9.17, 15) is 9.90 Å². The molecule has 1 aromatic heterocycles. The van der Waals surface area contributed by atoms with E-state index in [4.69, 9.17) is 23.2 Å². The van der Waals surface area contributed by atoms with Gasteiger partial charge in [0.05, 0.1) is 10.7 Å². The molecule has 2 aromatic carbocycles. The van der Waals surface area contributed by atoms with Gasteiger partial charge < -0.3 is 34.0 Å². The van der Waals surface area contributed by atoms with Crippen molar-refractivity contribution in [3.63, 3.8) is 0 Å². The van der Waals surface area contributed by atoms with Crippen LogP contribution in [0.25, 0.3) is 16.3 Å². The third kappa shape index (κ3) is 5.44. The molecule has 0 bridgehead atoms. The molecule has 1 N–H and O–H groups in total. The van der Waals surface area contributed by atoms with Crippen molar-refractivity contribution < 1.29 is 38.4 Å². The number of aryl methyl sites for hydroxylation is 1. The summed E-state index contributed by atoms with van der Waals surface area (Å²) < 4.78 is 3.12. The molecule has 1 aliphatic rings. The van der Waals surface area contributed by atoms with Crippen molar-refractivity contribution in [2.75, 3.05) is 11.4 Å². The topological polar surface area (TPSA) is 44.4 Å². The highest BCUT2D eigenvalue weighted by Crippen LogP contribution is 2.47. The van der Waals surface area contributed by atoms with Crippen molar-refractivity contribution in [2.45, 2.75) is 31.7 Å². The molecule has 0 unspecified atom stereocenters. The summed E-state index contributed by atoms with van der Waals surface area (Å²) >= 11 is 15.8. The number of carbonyl (C=O) groups is 1. The number of halogens is 3. The number of carboxylic acids is 1. The molecule has 2 heterocycles. The molecule has 32 heavy (non-hydrogen) atoms. The average molecular weight is 619 g/mol. The van der Waals surface area contributed by atoms with Crippen LogP contribution in [0.5, 0.6) is 0 Å². The van der Waals surface area contributed by atoms with Crippen LogP contribution >= 0.6 is 46.3 Å². The van der Waals surface area contributed by atoms with E-state index in [0.717, 1.165) is 43.1 Å². The SMILES string of the molecule is CCN1/C(=C/C(C)=C/c2sc3ccc(Cl)cc3[n+]2CCC(=O)O)Sc2ccc(Cl)cc21.[I-]. The second kappa shape index (κ2) is 10.8. The highest BCUT2D eigenvalue weighted by Gasteiger charge is 2.25. The standard InChI is InChI=1S/C23H20Cl2N2O2S2.HI/c1-3-26-17-12-15(24)4-6-19(17)30-21(26)10-14(2)11-22-27(9-8-23(28)29)18-13-16(25)5-7-20(18)31-22;/h4-7,10-13H,3,8-9H2,1-2H3;1H. The van der Waals surface area contributed by atoms with Crippen LogP contribution in [0.15, 0.2) is 58.0 Å². The van der Waals surface area contributed by atoms with E-state index in [0.29, 0.717) is 11.6 Å². The molecule has 1 aliphatic heterocycles. The lowest BCUT2D eigenvalue weighted by Crippen LogP contribution is -3.00. The molecule has 0 saturated heterocycles. The number of nitrogens with zero attached hydrogens (tertiary/aromatic N) is 2. The van der Waals surface area contributed by atoms with E-state index >= 15 is 0 Å². The van der Waals surface area contributed by atoms with Crippen LogP contribution in [0.2, 0.25) is 10.0 Å². The van der Waals surface area contributed by atoms with Crippen molar-refractivity contribution in [1.29, 1.82) is 0 Å². The number of thiazole rings is 1. The van der Waals surface area contributed by atoms with Crippen molar-refractivity contribution in [3.05, 3.63) is 68.1 Å². The summed E-state index contributed by atoms with van der Waals surface area (Å²) in [5.74, 6) is -0.819. The maximum Gasteiger partial charge on any atom is 0.309 e. The van der Waals surface area contributed by atoms with Crippen molar-refractivity contribution >= 4 is 74.2 Å². The fraction of sp³-hybridized carbons (Fsp3) is 0.217. The molecule has 0 saturated carbocycles. The number of aromatic nitrogens is 1. The molecule has 168 valence electrons. The van der Waals surface area contributed by atoms with Crippen LogP contribution in [-0.2, 0) is 11.3 Å². The highest BCUT2D eigenvalue weighted by atomic mass is 127. The van der Waals surface area contributed by atoms with Crippen LogP contribution in [-0.4, -0.2) is 17.6 Å². The largest absolute Gasteiger partial charge is 1.00 e. The summed E-state index contributed by atoms with van der Waals surface area (Å²) in [6.07, 6.45) is 4.33. The first-order valence-corrected chi connectivity index (χ1v) is 12.2.